The van der Waals surface area contributed by atoms with Gasteiger partial charge in [-0.2, -0.15) is 13.2 Å². The van der Waals surface area contributed by atoms with Gasteiger partial charge in [0.05, 0.1) is 16.3 Å². The van der Waals surface area contributed by atoms with Gasteiger partial charge in [-0.15, -0.1) is 0 Å². The average molecular weight is 429 g/mol. The second-order valence-electron chi connectivity index (χ2n) is 6.16. The Bertz CT molecular complexity index is 1020. The zero-order chi connectivity index (χ0) is 20.2. The molecule has 144 valence electrons. The molecule has 28 heavy (non-hydrogen) atoms. The standard InChI is InChI=1S/C18H9Cl2F3N2O3/c19-10-4-1-8(2-5-10)14-13-15(28-24-14)17(27)25(16(13)26)12-7-9(18(21,22)23)3-6-11(12)20/h1-7,13,15H/t13-,15+/m0/s1. The number of alkyl halides is 3. The molecule has 0 aliphatic carbocycles. The van der Waals surface area contributed by atoms with E-state index in [0.29, 0.717) is 21.6 Å². The number of amides is 2. The summed E-state index contributed by atoms with van der Waals surface area (Å²) in [6.07, 6.45) is -5.92. The summed E-state index contributed by atoms with van der Waals surface area (Å²) in [7, 11) is 0. The van der Waals surface area contributed by atoms with Gasteiger partial charge in [-0.05, 0) is 30.3 Å². The topological polar surface area (TPSA) is 59.0 Å². The molecule has 2 aliphatic rings. The van der Waals surface area contributed by atoms with Gasteiger partial charge < -0.3 is 4.84 Å². The number of benzene rings is 2. The van der Waals surface area contributed by atoms with E-state index >= 15 is 0 Å². The summed E-state index contributed by atoms with van der Waals surface area (Å²) >= 11 is 11.8. The first-order valence-electron chi connectivity index (χ1n) is 7.92. The molecule has 0 radical (unpaired) electrons. The molecule has 0 spiro atoms. The monoisotopic (exact) mass is 428 g/mol. The summed E-state index contributed by atoms with van der Waals surface area (Å²) in [5.74, 6) is -2.68. The van der Waals surface area contributed by atoms with Crippen molar-refractivity contribution in [2.45, 2.75) is 12.3 Å². The molecule has 5 nitrogen and oxygen atoms in total. The number of oxime groups is 1. The lowest BCUT2D eigenvalue weighted by atomic mass is 9.94. The van der Waals surface area contributed by atoms with Gasteiger partial charge in [-0.1, -0.05) is 40.5 Å². The number of imide groups is 1. The van der Waals surface area contributed by atoms with Crippen molar-refractivity contribution in [1.82, 2.24) is 0 Å². The molecule has 1 fully saturated rings. The summed E-state index contributed by atoms with van der Waals surface area (Å²) in [6, 6.07) is 8.79. The lowest BCUT2D eigenvalue weighted by molar-refractivity contribution is -0.137. The van der Waals surface area contributed by atoms with Crippen LogP contribution in [-0.4, -0.2) is 23.6 Å². The highest BCUT2D eigenvalue weighted by molar-refractivity contribution is 6.38. The maximum Gasteiger partial charge on any atom is 0.416 e. The summed E-state index contributed by atoms with van der Waals surface area (Å²) < 4.78 is 39.1. The first-order chi connectivity index (χ1) is 13.2. The lowest BCUT2D eigenvalue weighted by Crippen LogP contribution is -2.33. The zero-order valence-corrected chi connectivity index (χ0v) is 15.2. The Balaban J connectivity index is 1.73. The predicted molar refractivity (Wildman–Crippen MR) is 95.3 cm³/mol. The summed E-state index contributed by atoms with van der Waals surface area (Å²) in [5, 5.41) is 4.12. The SMILES string of the molecule is O=C1[C@H]2C(c3ccc(Cl)cc3)=NO[C@H]2C(=O)N1c1cc(C(F)(F)F)ccc1Cl. The molecule has 2 heterocycles. The summed E-state index contributed by atoms with van der Waals surface area (Å²) in [4.78, 5) is 31.4. The fourth-order valence-corrected chi connectivity index (χ4v) is 3.46. The Kier molecular flexibility index (Phi) is 4.35. The van der Waals surface area contributed by atoms with Crippen LogP contribution in [0.25, 0.3) is 0 Å². The van der Waals surface area contributed by atoms with Gasteiger partial charge in [-0.25, -0.2) is 4.90 Å². The van der Waals surface area contributed by atoms with Crippen LogP contribution < -0.4 is 4.90 Å². The number of rotatable bonds is 2. The fourth-order valence-electron chi connectivity index (χ4n) is 3.13. The van der Waals surface area contributed by atoms with Crippen LogP contribution in [0.4, 0.5) is 18.9 Å². The highest BCUT2D eigenvalue weighted by Crippen LogP contribution is 2.40. The van der Waals surface area contributed by atoms with E-state index in [1.807, 2.05) is 0 Å². The van der Waals surface area contributed by atoms with Crippen molar-refractivity contribution in [3.05, 3.63) is 63.6 Å². The molecule has 2 aromatic rings. The van der Waals surface area contributed by atoms with Crippen LogP contribution in [0.15, 0.2) is 47.6 Å². The third-order valence-electron chi connectivity index (χ3n) is 4.47. The van der Waals surface area contributed by atoms with E-state index in [1.165, 1.54) is 0 Å². The second-order valence-corrected chi connectivity index (χ2v) is 7.01. The molecule has 0 N–H and O–H groups in total. The van der Waals surface area contributed by atoms with Crippen molar-refractivity contribution < 1.29 is 27.6 Å². The van der Waals surface area contributed by atoms with Gasteiger partial charge in [0.25, 0.3) is 5.91 Å². The molecular formula is C18H9Cl2F3N2O3. The van der Waals surface area contributed by atoms with Crippen molar-refractivity contribution in [3.63, 3.8) is 0 Å². The number of fused-ring (bicyclic) bond motifs is 1. The largest absolute Gasteiger partial charge is 0.416 e. The van der Waals surface area contributed by atoms with Crippen LogP contribution in [0, 0.1) is 5.92 Å². The van der Waals surface area contributed by atoms with Gasteiger partial charge in [0, 0.05) is 10.6 Å². The van der Waals surface area contributed by atoms with Gasteiger partial charge >= 0.3 is 6.18 Å². The minimum atomic E-state index is -4.66. The quantitative estimate of drug-likeness (QED) is 0.669. The number of nitrogens with zero attached hydrogens (tertiary/aromatic N) is 2. The molecule has 2 atom stereocenters. The molecular weight excluding hydrogens is 420 g/mol. The molecule has 1 saturated heterocycles. The number of hydrogen-bond acceptors (Lipinski definition) is 4. The van der Waals surface area contributed by atoms with Gasteiger partial charge in [-0.3, -0.25) is 9.59 Å². The predicted octanol–water partition coefficient (Wildman–Crippen LogP) is 4.30. The van der Waals surface area contributed by atoms with E-state index in [4.69, 9.17) is 28.0 Å². The van der Waals surface area contributed by atoms with Crippen LogP contribution >= 0.6 is 23.2 Å². The van der Waals surface area contributed by atoms with E-state index in [0.717, 1.165) is 12.1 Å². The van der Waals surface area contributed by atoms with Crippen molar-refractivity contribution >= 4 is 46.4 Å². The van der Waals surface area contributed by atoms with Crippen LogP contribution in [0.3, 0.4) is 0 Å². The smallest absolute Gasteiger partial charge is 0.381 e. The maximum absolute atomic E-state index is 13.0. The Hall–Kier alpha value is -2.58. The van der Waals surface area contributed by atoms with Crippen molar-refractivity contribution in [1.29, 1.82) is 0 Å². The van der Waals surface area contributed by atoms with Crippen LogP contribution in [0.2, 0.25) is 10.0 Å². The molecule has 0 unspecified atom stereocenters. The van der Waals surface area contributed by atoms with Crippen LogP contribution in [0.5, 0.6) is 0 Å². The minimum Gasteiger partial charge on any atom is -0.381 e. The van der Waals surface area contributed by atoms with Crippen molar-refractivity contribution in [2.75, 3.05) is 4.90 Å². The first kappa shape index (κ1) is 18.8. The van der Waals surface area contributed by atoms with Gasteiger partial charge in [0.15, 0.2) is 0 Å². The van der Waals surface area contributed by atoms with Crippen LogP contribution in [0.1, 0.15) is 11.1 Å². The number of halogens is 5. The minimum absolute atomic E-state index is 0.167. The molecule has 0 aromatic heterocycles. The Morgan fingerprint density at radius 3 is 2.32 bits per heavy atom. The third kappa shape index (κ3) is 2.93. The van der Waals surface area contributed by atoms with E-state index < -0.39 is 35.6 Å². The number of carbonyl (C=O) groups is 2. The molecule has 0 bridgehead atoms. The molecule has 10 heteroatoms. The summed E-state index contributed by atoms with van der Waals surface area (Å²) in [5.41, 5.74) is -0.669. The van der Waals surface area contributed by atoms with E-state index in [1.54, 1.807) is 24.3 Å². The van der Waals surface area contributed by atoms with Gasteiger partial charge in [0.1, 0.15) is 11.6 Å². The fraction of sp³-hybridized carbons (Fsp3) is 0.167. The van der Waals surface area contributed by atoms with Gasteiger partial charge in [0.2, 0.25) is 12.0 Å². The molecule has 2 aliphatic heterocycles. The second kappa shape index (κ2) is 6.49. The van der Waals surface area contributed by atoms with E-state index in [9.17, 15) is 22.8 Å². The van der Waals surface area contributed by atoms with E-state index in [2.05, 4.69) is 5.16 Å². The number of carbonyl (C=O) groups excluding carboxylic acids is 2. The van der Waals surface area contributed by atoms with Crippen molar-refractivity contribution in [3.8, 4) is 0 Å². The highest BCUT2D eigenvalue weighted by Gasteiger charge is 2.56. The zero-order valence-electron chi connectivity index (χ0n) is 13.7. The Morgan fingerprint density at radius 1 is 1.00 bits per heavy atom. The molecule has 0 saturated carbocycles. The Labute approximate surface area is 166 Å². The lowest BCUT2D eigenvalue weighted by Gasteiger charge is -2.18. The highest BCUT2D eigenvalue weighted by atomic mass is 35.5. The maximum atomic E-state index is 13.0. The van der Waals surface area contributed by atoms with E-state index in [-0.39, 0.29) is 16.4 Å². The Morgan fingerprint density at radius 2 is 1.68 bits per heavy atom. The average Bonchev–Trinajstić information content (AvgIpc) is 3.16. The molecule has 4 rings (SSSR count). The molecule has 2 amide bonds. The third-order valence-corrected chi connectivity index (χ3v) is 5.04. The normalized spacial score (nSPS) is 21.6. The number of anilines is 1. The number of hydrogen-bond donors (Lipinski definition) is 0. The summed E-state index contributed by atoms with van der Waals surface area (Å²) in [6.45, 7) is 0. The van der Waals surface area contributed by atoms with Crippen molar-refractivity contribution in [2.24, 2.45) is 11.1 Å². The molecule has 2 aromatic carbocycles. The van der Waals surface area contributed by atoms with Crippen LogP contribution in [-0.2, 0) is 20.6 Å². The first-order valence-corrected chi connectivity index (χ1v) is 8.68.